The Labute approximate surface area is 196 Å². The minimum Gasteiger partial charge on any atom is -0.451 e. The summed E-state index contributed by atoms with van der Waals surface area (Å²) in [5, 5.41) is 5.66. The summed E-state index contributed by atoms with van der Waals surface area (Å²) in [7, 11) is 0. The van der Waals surface area contributed by atoms with E-state index in [1.165, 1.54) is 19.2 Å². The quantitative estimate of drug-likeness (QED) is 0.488. The summed E-state index contributed by atoms with van der Waals surface area (Å²) < 4.78 is 5.12. The van der Waals surface area contributed by atoms with Crippen molar-refractivity contribution in [2.45, 2.75) is 58.6 Å². The monoisotopic (exact) mass is 484 g/mol. The molecular weight excluding hydrogens is 459 g/mol. The number of nitrogens with one attached hydrogen (secondary N) is 2. The molecule has 174 valence electrons. The van der Waals surface area contributed by atoms with Gasteiger partial charge in [0.2, 0.25) is 0 Å². The molecule has 1 saturated heterocycles. The topological polar surface area (TPSA) is 118 Å². The lowest BCUT2D eigenvalue weighted by Crippen LogP contribution is -2.54. The molecule has 3 rings (SSSR count). The minimum absolute atomic E-state index is 0.0639. The van der Waals surface area contributed by atoms with Crippen LogP contribution in [0.2, 0.25) is 10.0 Å². The summed E-state index contributed by atoms with van der Waals surface area (Å²) in [6.45, 7) is 6.93. The van der Waals surface area contributed by atoms with Crippen LogP contribution in [0.4, 0.5) is 10.6 Å². The molecule has 2 fully saturated rings. The number of hydrogen-bond acceptors (Lipinski definition) is 6. The van der Waals surface area contributed by atoms with Crippen molar-refractivity contribution in [2.24, 2.45) is 11.3 Å². The number of amides is 4. The lowest BCUT2D eigenvalue weighted by Gasteiger charge is -2.43. The Morgan fingerprint density at radius 2 is 2.03 bits per heavy atom. The molecule has 0 radical (unpaired) electrons. The van der Waals surface area contributed by atoms with Crippen molar-refractivity contribution >= 4 is 52.8 Å². The van der Waals surface area contributed by atoms with Crippen LogP contribution >= 0.6 is 23.2 Å². The third-order valence-corrected chi connectivity index (χ3v) is 6.13. The van der Waals surface area contributed by atoms with Crippen molar-refractivity contribution in [1.82, 2.24) is 15.2 Å². The van der Waals surface area contributed by atoms with Crippen LogP contribution in [0.3, 0.4) is 0 Å². The molecule has 1 saturated carbocycles. The van der Waals surface area contributed by atoms with Gasteiger partial charge in [-0.1, -0.05) is 44.0 Å². The maximum atomic E-state index is 13.1. The molecule has 1 aliphatic carbocycles. The van der Waals surface area contributed by atoms with Crippen molar-refractivity contribution in [1.29, 1.82) is 0 Å². The van der Waals surface area contributed by atoms with Gasteiger partial charge in [0.25, 0.3) is 11.8 Å². The first-order valence-corrected chi connectivity index (χ1v) is 11.0. The predicted octanol–water partition coefficient (Wildman–Crippen LogP) is 3.40. The van der Waals surface area contributed by atoms with E-state index >= 15 is 0 Å². The van der Waals surface area contributed by atoms with E-state index in [1.807, 2.05) is 6.92 Å². The smallest absolute Gasteiger partial charge is 0.327 e. The Hall–Kier alpha value is -2.39. The summed E-state index contributed by atoms with van der Waals surface area (Å²) >= 11 is 11.7. The second kappa shape index (κ2) is 8.86. The molecule has 1 spiro atoms. The van der Waals surface area contributed by atoms with Crippen LogP contribution in [0.15, 0.2) is 12.3 Å². The highest BCUT2D eigenvalue weighted by atomic mass is 35.5. The summed E-state index contributed by atoms with van der Waals surface area (Å²) in [4.78, 5) is 55.1. The number of pyridine rings is 1. The Kier molecular flexibility index (Phi) is 6.72. The van der Waals surface area contributed by atoms with Gasteiger partial charge in [0, 0.05) is 6.20 Å². The number of ether oxygens (including phenoxy) is 1. The average molecular weight is 485 g/mol. The van der Waals surface area contributed by atoms with E-state index < -0.39 is 42.0 Å². The maximum absolute atomic E-state index is 13.1. The zero-order valence-electron chi connectivity index (χ0n) is 18.3. The molecule has 32 heavy (non-hydrogen) atoms. The summed E-state index contributed by atoms with van der Waals surface area (Å²) in [5.41, 5.74) is -1.14. The number of anilines is 1. The van der Waals surface area contributed by atoms with E-state index in [9.17, 15) is 19.2 Å². The van der Waals surface area contributed by atoms with Crippen LogP contribution < -0.4 is 10.6 Å². The number of nitrogens with zero attached hydrogens (tertiary/aromatic N) is 2. The highest BCUT2D eigenvalue weighted by molar-refractivity contribution is 6.36. The second-order valence-corrected chi connectivity index (χ2v) is 10.2. The first-order chi connectivity index (χ1) is 14.8. The van der Waals surface area contributed by atoms with Crippen molar-refractivity contribution in [3.05, 3.63) is 22.3 Å². The second-order valence-electron chi connectivity index (χ2n) is 9.36. The van der Waals surface area contributed by atoms with Gasteiger partial charge in [-0.25, -0.2) is 9.78 Å². The number of urea groups is 1. The van der Waals surface area contributed by atoms with E-state index in [4.69, 9.17) is 27.9 Å². The van der Waals surface area contributed by atoms with Crippen LogP contribution in [0.25, 0.3) is 0 Å². The third-order valence-electron chi connectivity index (χ3n) is 5.64. The number of rotatable bonds is 5. The molecule has 1 aromatic rings. The molecule has 2 aliphatic rings. The zero-order chi connectivity index (χ0) is 23.8. The van der Waals surface area contributed by atoms with Gasteiger partial charge in [-0.2, -0.15) is 0 Å². The highest BCUT2D eigenvalue weighted by Crippen LogP contribution is 2.46. The van der Waals surface area contributed by atoms with Gasteiger partial charge < -0.3 is 15.4 Å². The fraction of sp³-hybridized carbons (Fsp3) is 0.571. The summed E-state index contributed by atoms with van der Waals surface area (Å²) in [5.74, 6) is -1.69. The largest absolute Gasteiger partial charge is 0.451 e. The van der Waals surface area contributed by atoms with E-state index in [-0.39, 0.29) is 22.2 Å². The van der Waals surface area contributed by atoms with Gasteiger partial charge in [-0.3, -0.25) is 19.3 Å². The molecule has 0 aromatic carbocycles. The number of carbonyl (C=O) groups is 4. The highest BCUT2D eigenvalue weighted by Gasteiger charge is 2.56. The number of hydrogen-bond donors (Lipinski definition) is 2. The Morgan fingerprint density at radius 3 is 2.66 bits per heavy atom. The van der Waals surface area contributed by atoms with Gasteiger partial charge in [-0.05, 0) is 43.6 Å². The van der Waals surface area contributed by atoms with E-state index in [0.29, 0.717) is 17.9 Å². The normalized spacial score (nSPS) is 25.4. The minimum atomic E-state index is -1.21. The molecule has 1 aliphatic heterocycles. The Morgan fingerprint density at radius 1 is 1.34 bits per heavy atom. The standard InChI is InChI=1S/C21H26Cl2N4O5/c1-11-6-20(3,4)10-21(7-11)18(30)27(19(31)26-21)9-15(28)32-12(2)17(29)25-16-14(23)5-13(22)8-24-16/h5,8,11-12H,6-7,9-10H2,1-4H3,(H,26,31)(H,24,25,29). The predicted molar refractivity (Wildman–Crippen MR) is 118 cm³/mol. The van der Waals surface area contributed by atoms with Crippen LogP contribution in [0.1, 0.15) is 47.0 Å². The molecule has 3 unspecified atom stereocenters. The van der Waals surface area contributed by atoms with Crippen LogP contribution in [-0.4, -0.2) is 51.9 Å². The molecule has 0 bridgehead atoms. The summed E-state index contributed by atoms with van der Waals surface area (Å²) in [6, 6.07) is 0.773. The van der Waals surface area contributed by atoms with Crippen molar-refractivity contribution in [3.63, 3.8) is 0 Å². The van der Waals surface area contributed by atoms with Crippen LogP contribution in [0, 0.1) is 11.3 Å². The van der Waals surface area contributed by atoms with Crippen LogP contribution in [0.5, 0.6) is 0 Å². The zero-order valence-corrected chi connectivity index (χ0v) is 19.8. The van der Waals surface area contributed by atoms with Gasteiger partial charge in [0.1, 0.15) is 12.1 Å². The molecule has 3 atom stereocenters. The molecule has 2 heterocycles. The van der Waals surface area contributed by atoms with Gasteiger partial charge in [-0.15, -0.1) is 0 Å². The van der Waals surface area contributed by atoms with Crippen molar-refractivity contribution in [2.75, 3.05) is 11.9 Å². The molecule has 2 N–H and O–H groups in total. The first kappa shape index (κ1) is 24.3. The fourth-order valence-electron chi connectivity index (χ4n) is 4.79. The fourth-order valence-corrected chi connectivity index (χ4v) is 5.22. The Balaban J connectivity index is 1.61. The number of imide groups is 1. The van der Waals surface area contributed by atoms with Crippen molar-refractivity contribution < 1.29 is 23.9 Å². The number of halogens is 2. The molecule has 4 amide bonds. The Bertz CT molecular complexity index is 970. The SMILES string of the molecule is CC1CC(C)(C)CC2(C1)NC(=O)N(CC(=O)OC(C)C(=O)Nc1ncc(Cl)cc1Cl)C2=O. The number of esters is 1. The van der Waals surface area contributed by atoms with Gasteiger partial charge >= 0.3 is 12.0 Å². The average Bonchev–Trinajstić information content (AvgIpc) is 2.85. The molecule has 11 heteroatoms. The third kappa shape index (κ3) is 5.15. The van der Waals surface area contributed by atoms with E-state index in [1.54, 1.807) is 0 Å². The molecule has 1 aromatic heterocycles. The first-order valence-electron chi connectivity index (χ1n) is 10.3. The molecule has 9 nitrogen and oxygen atoms in total. The number of aromatic nitrogens is 1. The maximum Gasteiger partial charge on any atom is 0.327 e. The summed E-state index contributed by atoms with van der Waals surface area (Å²) in [6.07, 6.45) is 2.05. The van der Waals surface area contributed by atoms with E-state index in [0.717, 1.165) is 11.3 Å². The lowest BCUT2D eigenvalue weighted by atomic mass is 9.64. The van der Waals surface area contributed by atoms with Crippen LogP contribution in [-0.2, 0) is 19.1 Å². The van der Waals surface area contributed by atoms with Gasteiger partial charge in [0.05, 0.1) is 10.0 Å². The molecular formula is C21H26Cl2N4O5. The van der Waals surface area contributed by atoms with E-state index in [2.05, 4.69) is 29.5 Å². The van der Waals surface area contributed by atoms with Crippen molar-refractivity contribution in [3.8, 4) is 0 Å². The number of carbonyl (C=O) groups excluding carboxylic acids is 4. The van der Waals surface area contributed by atoms with Gasteiger partial charge in [0.15, 0.2) is 11.9 Å². The lowest BCUT2D eigenvalue weighted by molar-refractivity contribution is -0.155.